The van der Waals surface area contributed by atoms with Gasteiger partial charge in [-0.05, 0) is 23.2 Å². The number of hydrogen-bond acceptors (Lipinski definition) is 3. The summed E-state index contributed by atoms with van der Waals surface area (Å²) in [5.41, 5.74) is 8.56. The number of benzene rings is 1. The van der Waals surface area contributed by atoms with Crippen LogP contribution in [-0.4, -0.2) is 13.1 Å². The summed E-state index contributed by atoms with van der Waals surface area (Å²) in [6, 6.07) is 5.50. The minimum atomic E-state index is -0.657. The smallest absolute Gasteiger partial charge is 0.142 e. The first kappa shape index (κ1) is 13.3. The van der Waals surface area contributed by atoms with Crippen LogP contribution in [0.5, 0.6) is 0 Å². The molecule has 1 rings (SSSR count). The lowest BCUT2D eigenvalue weighted by Crippen LogP contribution is -2.22. The van der Waals surface area contributed by atoms with Gasteiger partial charge < -0.3 is 0 Å². The lowest BCUT2D eigenvalue weighted by molar-refractivity contribution is 0.607. The van der Waals surface area contributed by atoms with Crippen molar-refractivity contribution >= 4 is 11.6 Å². The summed E-state index contributed by atoms with van der Waals surface area (Å²) in [4.78, 5) is 2.58. The van der Waals surface area contributed by atoms with Gasteiger partial charge in [0.05, 0.1) is 11.1 Å². The third-order valence-corrected chi connectivity index (χ3v) is 2.34. The maximum atomic E-state index is 13.2. The van der Waals surface area contributed by atoms with E-state index < -0.39 is 11.9 Å². The summed E-state index contributed by atoms with van der Waals surface area (Å²) in [6.07, 6.45) is 0. The third-order valence-electron chi connectivity index (χ3n) is 2.03. The SMILES string of the molecule is N#CC(NCCN=[N+]=[N-])c1ccc(Cl)c(F)c1. The fraction of sp³-hybridized carbons (Fsp3) is 0.300. The molecular weight excluding hydrogens is 245 g/mol. The van der Waals surface area contributed by atoms with Crippen LogP contribution in [0.25, 0.3) is 10.4 Å². The van der Waals surface area contributed by atoms with Crippen LogP contribution >= 0.6 is 11.6 Å². The lowest BCUT2D eigenvalue weighted by atomic mass is 10.1. The Morgan fingerprint density at radius 2 is 2.41 bits per heavy atom. The number of nitrogens with zero attached hydrogens (tertiary/aromatic N) is 4. The molecule has 0 heterocycles. The highest BCUT2D eigenvalue weighted by Crippen LogP contribution is 2.19. The average Bonchev–Trinajstić information content (AvgIpc) is 2.33. The van der Waals surface area contributed by atoms with Crippen LogP contribution in [0.3, 0.4) is 0 Å². The van der Waals surface area contributed by atoms with Gasteiger partial charge in [0.1, 0.15) is 11.9 Å². The molecule has 0 fully saturated rings. The molecule has 0 amide bonds. The zero-order valence-electron chi connectivity index (χ0n) is 8.77. The van der Waals surface area contributed by atoms with Crippen molar-refractivity contribution in [3.8, 4) is 6.07 Å². The minimum absolute atomic E-state index is 0.0134. The van der Waals surface area contributed by atoms with E-state index in [0.717, 1.165) is 0 Å². The molecule has 5 nitrogen and oxygen atoms in total. The number of rotatable bonds is 5. The average molecular weight is 254 g/mol. The molecule has 0 aliphatic heterocycles. The van der Waals surface area contributed by atoms with Gasteiger partial charge in [0.15, 0.2) is 0 Å². The molecule has 0 aliphatic carbocycles. The Labute approximate surface area is 102 Å². The zero-order valence-corrected chi connectivity index (χ0v) is 9.52. The molecule has 1 N–H and O–H groups in total. The maximum Gasteiger partial charge on any atom is 0.142 e. The number of halogens is 2. The summed E-state index contributed by atoms with van der Waals surface area (Å²) in [5.74, 6) is -0.568. The van der Waals surface area contributed by atoms with Crippen LogP contribution in [0.15, 0.2) is 23.3 Å². The van der Waals surface area contributed by atoms with Crippen LogP contribution < -0.4 is 5.32 Å². The highest BCUT2D eigenvalue weighted by molar-refractivity contribution is 6.30. The molecule has 1 unspecified atom stereocenters. The molecule has 0 saturated carbocycles. The van der Waals surface area contributed by atoms with Crippen molar-refractivity contribution in [3.05, 3.63) is 45.0 Å². The van der Waals surface area contributed by atoms with Gasteiger partial charge in [0.25, 0.3) is 0 Å². The Bertz CT molecular complexity index is 478. The predicted octanol–water partition coefficient (Wildman–Crippen LogP) is 2.94. The van der Waals surface area contributed by atoms with Gasteiger partial charge in [-0.15, -0.1) is 0 Å². The second kappa shape index (κ2) is 6.71. The largest absolute Gasteiger partial charge is 0.298 e. The molecule has 0 spiro atoms. The summed E-state index contributed by atoms with van der Waals surface area (Å²) in [5, 5.41) is 15.1. The van der Waals surface area contributed by atoms with Crippen molar-refractivity contribution in [1.82, 2.24) is 5.32 Å². The van der Waals surface area contributed by atoms with Crippen molar-refractivity contribution in [2.45, 2.75) is 6.04 Å². The van der Waals surface area contributed by atoms with Gasteiger partial charge in [-0.1, -0.05) is 22.8 Å². The molecule has 7 heteroatoms. The van der Waals surface area contributed by atoms with E-state index in [-0.39, 0.29) is 11.6 Å². The van der Waals surface area contributed by atoms with E-state index in [0.29, 0.717) is 12.1 Å². The van der Waals surface area contributed by atoms with Gasteiger partial charge in [0.2, 0.25) is 0 Å². The summed E-state index contributed by atoms with van der Waals surface area (Å²) >= 11 is 5.54. The molecule has 0 aromatic heterocycles. The second-order valence-corrected chi connectivity index (χ2v) is 3.55. The molecule has 17 heavy (non-hydrogen) atoms. The van der Waals surface area contributed by atoms with Crippen molar-refractivity contribution in [2.24, 2.45) is 5.11 Å². The third kappa shape index (κ3) is 3.93. The molecule has 88 valence electrons. The molecule has 0 aliphatic rings. The normalized spacial score (nSPS) is 11.4. The van der Waals surface area contributed by atoms with Gasteiger partial charge in [-0.3, -0.25) is 5.32 Å². The molecule has 0 bridgehead atoms. The van der Waals surface area contributed by atoms with Crippen LogP contribution in [0, 0.1) is 17.1 Å². The number of hydrogen-bond donors (Lipinski definition) is 1. The van der Waals surface area contributed by atoms with Gasteiger partial charge in [0, 0.05) is 18.0 Å². The van der Waals surface area contributed by atoms with Crippen molar-refractivity contribution < 1.29 is 4.39 Å². The van der Waals surface area contributed by atoms with E-state index in [1.54, 1.807) is 6.07 Å². The first-order valence-electron chi connectivity index (χ1n) is 4.78. The van der Waals surface area contributed by atoms with Crippen LogP contribution in [-0.2, 0) is 0 Å². The standard InChI is InChI=1S/C10H9ClFN5/c11-8-2-1-7(5-9(8)12)10(6-13)15-3-4-16-17-14/h1-2,5,10,15H,3-4H2. The molecular formula is C10H9ClFN5. The van der Waals surface area contributed by atoms with E-state index in [4.69, 9.17) is 22.4 Å². The number of nitrogens with one attached hydrogen (secondary N) is 1. The van der Waals surface area contributed by atoms with Gasteiger partial charge >= 0.3 is 0 Å². The Hall–Kier alpha value is -1.80. The molecule has 0 saturated heterocycles. The summed E-state index contributed by atoms with van der Waals surface area (Å²) < 4.78 is 13.2. The molecule has 0 radical (unpaired) electrons. The monoisotopic (exact) mass is 253 g/mol. The lowest BCUT2D eigenvalue weighted by Gasteiger charge is -2.11. The summed E-state index contributed by atoms with van der Waals surface area (Å²) in [7, 11) is 0. The summed E-state index contributed by atoms with van der Waals surface area (Å²) in [6.45, 7) is 0.567. The molecule has 1 aromatic rings. The van der Waals surface area contributed by atoms with E-state index in [1.165, 1.54) is 12.1 Å². The minimum Gasteiger partial charge on any atom is -0.298 e. The quantitative estimate of drug-likeness (QED) is 0.379. The van der Waals surface area contributed by atoms with Crippen LogP contribution in [0.1, 0.15) is 11.6 Å². The van der Waals surface area contributed by atoms with Gasteiger partial charge in [-0.25, -0.2) is 4.39 Å². The van der Waals surface area contributed by atoms with Gasteiger partial charge in [-0.2, -0.15) is 5.26 Å². The predicted molar refractivity (Wildman–Crippen MR) is 61.8 cm³/mol. The highest BCUT2D eigenvalue weighted by Gasteiger charge is 2.11. The van der Waals surface area contributed by atoms with E-state index in [1.807, 2.05) is 6.07 Å². The molecule has 1 aromatic carbocycles. The fourth-order valence-corrected chi connectivity index (χ4v) is 1.35. The Morgan fingerprint density at radius 3 is 3.00 bits per heavy atom. The van der Waals surface area contributed by atoms with Crippen molar-refractivity contribution in [2.75, 3.05) is 13.1 Å². The topological polar surface area (TPSA) is 84.6 Å². The second-order valence-electron chi connectivity index (χ2n) is 3.14. The van der Waals surface area contributed by atoms with Crippen LogP contribution in [0.2, 0.25) is 5.02 Å². The van der Waals surface area contributed by atoms with E-state index in [2.05, 4.69) is 15.3 Å². The Morgan fingerprint density at radius 1 is 1.65 bits per heavy atom. The van der Waals surface area contributed by atoms with E-state index in [9.17, 15) is 4.39 Å². The number of nitriles is 1. The highest BCUT2D eigenvalue weighted by atomic mass is 35.5. The first-order valence-corrected chi connectivity index (χ1v) is 5.15. The fourth-order valence-electron chi connectivity index (χ4n) is 1.23. The van der Waals surface area contributed by atoms with Crippen molar-refractivity contribution in [1.29, 1.82) is 5.26 Å². The van der Waals surface area contributed by atoms with Crippen molar-refractivity contribution in [3.63, 3.8) is 0 Å². The first-order chi connectivity index (χ1) is 8.19. The van der Waals surface area contributed by atoms with E-state index >= 15 is 0 Å². The zero-order chi connectivity index (χ0) is 12.7. The Kier molecular flexibility index (Phi) is 5.24. The Balaban J connectivity index is 2.70. The maximum absolute atomic E-state index is 13.2. The number of azide groups is 1. The molecule has 1 atom stereocenters. The van der Waals surface area contributed by atoms with Crippen LogP contribution in [0.4, 0.5) is 4.39 Å².